The highest BCUT2D eigenvalue weighted by atomic mass is 32.2. The van der Waals surface area contributed by atoms with E-state index in [4.69, 9.17) is 5.73 Å². The Labute approximate surface area is 126 Å². The minimum Gasteiger partial charge on any atom is -0.398 e. The van der Waals surface area contributed by atoms with Crippen LogP contribution in [0.3, 0.4) is 0 Å². The molecule has 3 N–H and O–H groups in total. The van der Waals surface area contributed by atoms with E-state index in [0.29, 0.717) is 29.7 Å². The fourth-order valence-electron chi connectivity index (χ4n) is 3.08. The van der Waals surface area contributed by atoms with E-state index in [0.717, 1.165) is 12.8 Å². The van der Waals surface area contributed by atoms with Gasteiger partial charge in [0, 0.05) is 12.7 Å². The second-order valence-electron chi connectivity index (χ2n) is 5.87. The summed E-state index contributed by atoms with van der Waals surface area (Å²) in [5.74, 6) is 0. The van der Waals surface area contributed by atoms with E-state index in [1.165, 1.54) is 4.31 Å². The van der Waals surface area contributed by atoms with Gasteiger partial charge in [0.25, 0.3) is 0 Å². The highest BCUT2D eigenvalue weighted by molar-refractivity contribution is 7.89. The third kappa shape index (κ3) is 2.93. The average molecular weight is 312 g/mol. The summed E-state index contributed by atoms with van der Waals surface area (Å²) >= 11 is 0. The molecule has 1 aliphatic rings. The molecule has 0 radical (unpaired) electrons. The first-order valence-electron chi connectivity index (χ1n) is 7.28. The molecule has 6 heteroatoms. The molecule has 0 saturated heterocycles. The predicted octanol–water partition coefficient (Wildman–Crippen LogP) is 1.81. The Kier molecular flexibility index (Phi) is 4.60. The Balaban J connectivity index is 2.45. The molecule has 0 amide bonds. The lowest BCUT2D eigenvalue weighted by Gasteiger charge is -2.35. The Hall–Kier alpha value is -1.11. The van der Waals surface area contributed by atoms with Crippen molar-refractivity contribution in [3.05, 3.63) is 23.3 Å². The second kappa shape index (κ2) is 5.94. The maximum Gasteiger partial charge on any atom is 0.243 e. The number of sulfonamides is 1. The third-order valence-corrected chi connectivity index (χ3v) is 6.62. The van der Waals surface area contributed by atoms with Crippen LogP contribution in [0.4, 0.5) is 5.69 Å². The first-order chi connectivity index (χ1) is 9.76. The zero-order valence-corrected chi connectivity index (χ0v) is 13.7. The standard InChI is InChI=1S/C15H24N2O3S/c1-10-8-9-12(16)11(2)15(10)21(19,20)17(3)13-6-4-5-7-14(13)18/h8-9,13-14,18H,4-7,16H2,1-3H3. The van der Waals surface area contributed by atoms with Gasteiger partial charge in [0.1, 0.15) is 0 Å². The minimum atomic E-state index is -3.66. The number of aryl methyl sites for hydroxylation is 1. The topological polar surface area (TPSA) is 83.6 Å². The van der Waals surface area contributed by atoms with Gasteiger partial charge in [0.2, 0.25) is 10.0 Å². The molecule has 1 aromatic rings. The van der Waals surface area contributed by atoms with Gasteiger partial charge in [-0.2, -0.15) is 4.31 Å². The van der Waals surface area contributed by atoms with Gasteiger partial charge in [-0.1, -0.05) is 18.9 Å². The monoisotopic (exact) mass is 312 g/mol. The minimum absolute atomic E-state index is 0.266. The molecule has 2 rings (SSSR count). The highest BCUT2D eigenvalue weighted by Gasteiger charge is 2.35. The van der Waals surface area contributed by atoms with Crippen LogP contribution >= 0.6 is 0 Å². The fraction of sp³-hybridized carbons (Fsp3) is 0.600. The normalized spacial score (nSPS) is 23.5. The number of nitrogens with two attached hydrogens (primary N) is 1. The molecule has 1 fully saturated rings. The van der Waals surface area contributed by atoms with Crippen LogP contribution in [0.15, 0.2) is 17.0 Å². The van der Waals surface area contributed by atoms with Crippen LogP contribution in [-0.4, -0.2) is 37.0 Å². The number of hydrogen-bond donors (Lipinski definition) is 2. The van der Waals surface area contributed by atoms with E-state index in [2.05, 4.69) is 0 Å². The lowest BCUT2D eigenvalue weighted by atomic mass is 9.93. The molecule has 1 saturated carbocycles. The number of aliphatic hydroxyl groups excluding tert-OH is 1. The number of hydrogen-bond acceptors (Lipinski definition) is 4. The summed E-state index contributed by atoms with van der Waals surface area (Å²) in [5.41, 5.74) is 7.58. The van der Waals surface area contributed by atoms with Crippen molar-refractivity contribution < 1.29 is 13.5 Å². The van der Waals surface area contributed by atoms with E-state index in [9.17, 15) is 13.5 Å². The van der Waals surface area contributed by atoms with E-state index < -0.39 is 16.1 Å². The summed E-state index contributed by atoms with van der Waals surface area (Å²) in [6.07, 6.45) is 2.63. The van der Waals surface area contributed by atoms with E-state index in [1.807, 2.05) is 0 Å². The summed E-state index contributed by atoms with van der Waals surface area (Å²) in [5, 5.41) is 10.1. The van der Waals surface area contributed by atoms with Gasteiger partial charge in [0.15, 0.2) is 0 Å². The molecule has 2 atom stereocenters. The predicted molar refractivity (Wildman–Crippen MR) is 83.5 cm³/mol. The number of rotatable bonds is 3. The van der Waals surface area contributed by atoms with Crippen LogP contribution in [0, 0.1) is 13.8 Å². The summed E-state index contributed by atoms with van der Waals surface area (Å²) in [4.78, 5) is 0.266. The molecule has 0 aliphatic heterocycles. The number of likely N-dealkylation sites (N-methyl/N-ethyl adjacent to an activating group) is 1. The fourth-order valence-corrected chi connectivity index (χ4v) is 4.95. The maximum atomic E-state index is 12.9. The van der Waals surface area contributed by atoms with Crippen molar-refractivity contribution in [2.75, 3.05) is 12.8 Å². The Morgan fingerprint density at radius 1 is 1.24 bits per heavy atom. The van der Waals surface area contributed by atoms with Gasteiger partial charge in [-0.25, -0.2) is 8.42 Å². The number of aliphatic hydroxyl groups is 1. The van der Waals surface area contributed by atoms with Crippen molar-refractivity contribution in [1.29, 1.82) is 0 Å². The summed E-state index contributed by atoms with van der Waals surface area (Å²) in [7, 11) is -2.11. The average Bonchev–Trinajstić information content (AvgIpc) is 2.43. The number of nitrogen functional groups attached to an aromatic ring is 1. The molecular weight excluding hydrogens is 288 g/mol. The molecule has 1 aromatic carbocycles. The van der Waals surface area contributed by atoms with Gasteiger partial charge in [0.05, 0.1) is 17.0 Å². The molecule has 0 aromatic heterocycles. The smallest absolute Gasteiger partial charge is 0.243 e. The third-order valence-electron chi connectivity index (χ3n) is 4.44. The van der Waals surface area contributed by atoms with Crippen molar-refractivity contribution in [2.24, 2.45) is 0 Å². The van der Waals surface area contributed by atoms with Crippen LogP contribution < -0.4 is 5.73 Å². The molecule has 21 heavy (non-hydrogen) atoms. The van der Waals surface area contributed by atoms with Crippen LogP contribution in [0.2, 0.25) is 0 Å². The molecule has 0 bridgehead atoms. The quantitative estimate of drug-likeness (QED) is 0.834. The van der Waals surface area contributed by atoms with Crippen LogP contribution in [-0.2, 0) is 10.0 Å². The molecule has 2 unspecified atom stereocenters. The van der Waals surface area contributed by atoms with Gasteiger partial charge in [-0.15, -0.1) is 0 Å². The first kappa shape index (κ1) is 16.3. The van der Waals surface area contributed by atoms with Gasteiger partial charge >= 0.3 is 0 Å². The molecule has 118 valence electrons. The van der Waals surface area contributed by atoms with Crippen molar-refractivity contribution in [2.45, 2.75) is 56.6 Å². The molecule has 1 aliphatic carbocycles. The maximum absolute atomic E-state index is 12.9. The zero-order valence-electron chi connectivity index (χ0n) is 12.8. The van der Waals surface area contributed by atoms with Gasteiger partial charge in [-0.05, 0) is 43.9 Å². The lowest BCUT2D eigenvalue weighted by molar-refractivity contribution is 0.0638. The van der Waals surface area contributed by atoms with Crippen molar-refractivity contribution in [1.82, 2.24) is 4.31 Å². The van der Waals surface area contributed by atoms with Gasteiger partial charge in [-0.3, -0.25) is 0 Å². The summed E-state index contributed by atoms with van der Waals surface area (Å²) < 4.78 is 27.2. The lowest BCUT2D eigenvalue weighted by Crippen LogP contribution is -2.46. The number of nitrogens with zero attached hydrogens (tertiary/aromatic N) is 1. The highest BCUT2D eigenvalue weighted by Crippen LogP contribution is 2.31. The first-order valence-corrected chi connectivity index (χ1v) is 8.72. The Morgan fingerprint density at radius 3 is 2.48 bits per heavy atom. The van der Waals surface area contributed by atoms with Crippen LogP contribution in [0.1, 0.15) is 36.8 Å². The van der Waals surface area contributed by atoms with Crippen molar-refractivity contribution >= 4 is 15.7 Å². The molecule has 5 nitrogen and oxygen atoms in total. The zero-order chi connectivity index (χ0) is 15.8. The molecular formula is C15H24N2O3S. The van der Waals surface area contributed by atoms with Crippen LogP contribution in [0.5, 0.6) is 0 Å². The van der Waals surface area contributed by atoms with Gasteiger partial charge < -0.3 is 10.8 Å². The Morgan fingerprint density at radius 2 is 1.86 bits per heavy atom. The SMILES string of the molecule is Cc1ccc(N)c(C)c1S(=O)(=O)N(C)C1CCCCC1O. The Bertz CT molecular complexity index is 628. The van der Waals surface area contributed by atoms with E-state index in [-0.39, 0.29) is 10.9 Å². The van der Waals surface area contributed by atoms with E-state index in [1.54, 1.807) is 33.0 Å². The van der Waals surface area contributed by atoms with Crippen molar-refractivity contribution in [3.8, 4) is 0 Å². The summed E-state index contributed by atoms with van der Waals surface area (Å²) in [6.45, 7) is 3.49. The number of benzene rings is 1. The molecule has 0 heterocycles. The summed E-state index contributed by atoms with van der Waals surface area (Å²) in [6, 6.07) is 3.09. The largest absolute Gasteiger partial charge is 0.398 e. The molecule has 0 spiro atoms. The number of anilines is 1. The second-order valence-corrected chi connectivity index (χ2v) is 7.80. The van der Waals surface area contributed by atoms with Crippen molar-refractivity contribution in [3.63, 3.8) is 0 Å². The van der Waals surface area contributed by atoms with E-state index >= 15 is 0 Å². The van der Waals surface area contributed by atoms with Crippen LogP contribution in [0.25, 0.3) is 0 Å².